The van der Waals surface area contributed by atoms with Crippen LogP contribution in [0.25, 0.3) is 22.5 Å². The molecule has 0 fully saturated rings. The maximum Gasteiger partial charge on any atom is 0.220 e. The summed E-state index contributed by atoms with van der Waals surface area (Å²) in [5.41, 5.74) is 8.20. The summed E-state index contributed by atoms with van der Waals surface area (Å²) in [6, 6.07) is 27.5. The number of rotatable bonds is 11. The molecule has 0 aliphatic carbocycles. The summed E-state index contributed by atoms with van der Waals surface area (Å²) in [4.78, 5) is 17.3. The van der Waals surface area contributed by atoms with Gasteiger partial charge in [-0.25, -0.2) is 4.98 Å². The Labute approximate surface area is 219 Å². The lowest BCUT2D eigenvalue weighted by Crippen LogP contribution is -2.25. The summed E-state index contributed by atoms with van der Waals surface area (Å²) < 4.78 is 2.32. The van der Waals surface area contributed by atoms with Crippen LogP contribution >= 0.6 is 11.8 Å². The topological polar surface area (TPSA) is 46.9 Å². The lowest BCUT2D eigenvalue weighted by atomic mass is 10.0. The monoisotopic (exact) mass is 497 g/mol. The van der Waals surface area contributed by atoms with Crippen molar-refractivity contribution in [2.45, 2.75) is 51.7 Å². The fraction of sp³-hybridized carbons (Fsp3) is 0.290. The van der Waals surface area contributed by atoms with Gasteiger partial charge in [-0.3, -0.25) is 4.79 Å². The molecule has 0 bridgehead atoms. The van der Waals surface area contributed by atoms with Crippen molar-refractivity contribution in [1.29, 1.82) is 0 Å². The summed E-state index contributed by atoms with van der Waals surface area (Å²) in [6.07, 6.45) is 2.20. The minimum absolute atomic E-state index is 0.113. The van der Waals surface area contributed by atoms with Gasteiger partial charge in [-0.05, 0) is 39.2 Å². The van der Waals surface area contributed by atoms with Crippen LogP contribution in [0.15, 0.2) is 84.0 Å². The second-order valence-electron chi connectivity index (χ2n) is 9.11. The van der Waals surface area contributed by atoms with E-state index in [0.717, 1.165) is 47.2 Å². The first-order chi connectivity index (χ1) is 17.5. The summed E-state index contributed by atoms with van der Waals surface area (Å²) in [5.74, 6) is 1.01. The Morgan fingerprint density at radius 2 is 1.53 bits per heavy atom. The van der Waals surface area contributed by atoms with E-state index in [0.29, 0.717) is 13.0 Å². The Morgan fingerprint density at radius 1 is 0.889 bits per heavy atom. The number of carbonyl (C=O) groups excluding carboxylic acids is 1. The summed E-state index contributed by atoms with van der Waals surface area (Å²) in [6.45, 7) is 7.93. The van der Waals surface area contributed by atoms with Crippen LogP contribution in [0.2, 0.25) is 0 Å². The van der Waals surface area contributed by atoms with Gasteiger partial charge in [-0.15, -0.1) is 0 Å². The van der Waals surface area contributed by atoms with Crippen LogP contribution in [-0.2, 0) is 17.8 Å². The smallest absolute Gasteiger partial charge is 0.220 e. The molecule has 0 atom stereocenters. The Balaban J connectivity index is 1.41. The van der Waals surface area contributed by atoms with Gasteiger partial charge in [0.05, 0.1) is 11.4 Å². The Morgan fingerprint density at radius 3 is 2.17 bits per heavy atom. The molecule has 36 heavy (non-hydrogen) atoms. The zero-order valence-electron chi connectivity index (χ0n) is 21.5. The van der Waals surface area contributed by atoms with Crippen LogP contribution in [0.3, 0.4) is 0 Å². The standard InChI is InChI=1S/C31H35N3OS/c1-4-34-30(27-18-13-24(3)14-19-27)29(26-16-11-23(2)12-17-26)33-31(34)36-22-8-21-32-28(35)20-15-25-9-6-5-7-10-25/h5-7,9-14,16-19H,4,8,15,20-22H2,1-3H3,(H,32,35). The zero-order valence-corrected chi connectivity index (χ0v) is 22.3. The lowest BCUT2D eigenvalue weighted by molar-refractivity contribution is -0.121. The first-order valence-electron chi connectivity index (χ1n) is 12.7. The maximum atomic E-state index is 12.2. The number of imidazole rings is 1. The maximum absolute atomic E-state index is 12.2. The molecule has 4 aromatic rings. The number of amides is 1. The lowest BCUT2D eigenvalue weighted by Gasteiger charge is -2.11. The van der Waals surface area contributed by atoms with Crippen molar-refractivity contribution < 1.29 is 4.79 Å². The van der Waals surface area contributed by atoms with Crippen LogP contribution in [0.5, 0.6) is 0 Å². The van der Waals surface area contributed by atoms with Gasteiger partial charge >= 0.3 is 0 Å². The number of nitrogens with one attached hydrogen (secondary N) is 1. The number of hydrogen-bond donors (Lipinski definition) is 1. The molecule has 0 radical (unpaired) electrons. The number of nitrogens with zero attached hydrogens (tertiary/aromatic N) is 2. The third kappa shape index (κ3) is 6.67. The van der Waals surface area contributed by atoms with Crippen molar-refractivity contribution in [3.63, 3.8) is 0 Å². The molecule has 186 valence electrons. The first-order valence-corrected chi connectivity index (χ1v) is 13.7. The molecule has 3 aromatic carbocycles. The highest BCUT2D eigenvalue weighted by atomic mass is 32.2. The van der Waals surface area contributed by atoms with Gasteiger partial charge in [0.15, 0.2) is 5.16 Å². The number of hydrogen-bond acceptors (Lipinski definition) is 3. The van der Waals surface area contributed by atoms with Gasteiger partial charge in [0.1, 0.15) is 0 Å². The second-order valence-corrected chi connectivity index (χ2v) is 10.2. The van der Waals surface area contributed by atoms with Crippen molar-refractivity contribution in [2.75, 3.05) is 12.3 Å². The van der Waals surface area contributed by atoms with E-state index < -0.39 is 0 Å². The van der Waals surface area contributed by atoms with E-state index in [1.54, 1.807) is 11.8 Å². The number of thioether (sulfide) groups is 1. The molecule has 1 N–H and O–H groups in total. The Kier molecular flexibility index (Phi) is 9.01. The molecule has 0 unspecified atom stereocenters. The average molecular weight is 498 g/mol. The largest absolute Gasteiger partial charge is 0.356 e. The zero-order chi connectivity index (χ0) is 25.3. The highest BCUT2D eigenvalue weighted by Gasteiger charge is 2.19. The SMILES string of the molecule is CCn1c(SCCCNC(=O)CCc2ccccc2)nc(-c2ccc(C)cc2)c1-c1ccc(C)cc1. The van der Waals surface area contributed by atoms with E-state index in [2.05, 4.69) is 91.3 Å². The molecule has 4 nitrogen and oxygen atoms in total. The molecule has 0 aliphatic heterocycles. The minimum atomic E-state index is 0.113. The van der Waals surface area contributed by atoms with Crippen molar-refractivity contribution >= 4 is 17.7 Å². The Hall–Kier alpha value is -3.31. The van der Waals surface area contributed by atoms with E-state index in [-0.39, 0.29) is 5.91 Å². The minimum Gasteiger partial charge on any atom is -0.356 e. The van der Waals surface area contributed by atoms with Crippen LogP contribution < -0.4 is 5.32 Å². The molecular formula is C31H35N3OS. The van der Waals surface area contributed by atoms with Crippen LogP contribution in [0.4, 0.5) is 0 Å². The van der Waals surface area contributed by atoms with E-state index in [9.17, 15) is 4.79 Å². The van der Waals surface area contributed by atoms with Crippen LogP contribution in [0.1, 0.15) is 36.5 Å². The fourth-order valence-corrected chi connectivity index (χ4v) is 5.21. The molecule has 0 saturated carbocycles. The summed E-state index contributed by atoms with van der Waals surface area (Å²) >= 11 is 1.76. The van der Waals surface area contributed by atoms with Gasteiger partial charge < -0.3 is 9.88 Å². The van der Waals surface area contributed by atoms with Crippen molar-refractivity contribution in [3.05, 3.63) is 95.6 Å². The summed E-state index contributed by atoms with van der Waals surface area (Å²) in [7, 11) is 0. The number of carbonyl (C=O) groups is 1. The predicted octanol–water partition coefficient (Wildman–Crippen LogP) is 7.09. The highest BCUT2D eigenvalue weighted by molar-refractivity contribution is 7.99. The van der Waals surface area contributed by atoms with Crippen LogP contribution in [0, 0.1) is 13.8 Å². The van der Waals surface area contributed by atoms with Gasteiger partial charge in [0, 0.05) is 36.4 Å². The molecule has 0 aliphatic rings. The van der Waals surface area contributed by atoms with E-state index in [1.807, 2.05) is 18.2 Å². The van der Waals surface area contributed by atoms with E-state index >= 15 is 0 Å². The third-order valence-electron chi connectivity index (χ3n) is 6.26. The van der Waals surface area contributed by atoms with Crippen molar-refractivity contribution in [2.24, 2.45) is 0 Å². The normalized spacial score (nSPS) is 11.0. The van der Waals surface area contributed by atoms with Crippen molar-refractivity contribution in [3.8, 4) is 22.5 Å². The van der Waals surface area contributed by atoms with Gasteiger partial charge in [0.2, 0.25) is 5.91 Å². The molecule has 4 rings (SSSR count). The Bertz CT molecular complexity index is 1260. The molecular weight excluding hydrogens is 462 g/mol. The number of benzene rings is 3. The third-order valence-corrected chi connectivity index (χ3v) is 7.32. The molecule has 1 amide bonds. The highest BCUT2D eigenvalue weighted by Crippen LogP contribution is 2.36. The van der Waals surface area contributed by atoms with Gasteiger partial charge in [-0.2, -0.15) is 0 Å². The van der Waals surface area contributed by atoms with E-state index in [4.69, 9.17) is 4.98 Å². The quantitative estimate of drug-likeness (QED) is 0.178. The molecule has 5 heteroatoms. The van der Waals surface area contributed by atoms with Gasteiger partial charge in [-0.1, -0.05) is 102 Å². The predicted molar refractivity (Wildman–Crippen MR) is 151 cm³/mol. The molecule has 1 heterocycles. The second kappa shape index (κ2) is 12.6. The van der Waals surface area contributed by atoms with Crippen molar-refractivity contribution in [1.82, 2.24) is 14.9 Å². The van der Waals surface area contributed by atoms with Crippen LogP contribution in [-0.4, -0.2) is 27.8 Å². The first kappa shape index (κ1) is 25.8. The van der Waals surface area contributed by atoms with Gasteiger partial charge in [0.25, 0.3) is 0 Å². The molecule has 0 saturated heterocycles. The number of aromatic nitrogens is 2. The molecule has 1 aromatic heterocycles. The summed E-state index contributed by atoms with van der Waals surface area (Å²) in [5, 5.41) is 4.09. The number of aryl methyl sites for hydroxylation is 3. The van der Waals surface area contributed by atoms with E-state index in [1.165, 1.54) is 22.3 Å². The molecule has 0 spiro atoms. The fourth-order valence-electron chi connectivity index (χ4n) is 4.21. The average Bonchev–Trinajstić information content (AvgIpc) is 3.27.